The summed E-state index contributed by atoms with van der Waals surface area (Å²) in [4.78, 5) is 0. The van der Waals surface area contributed by atoms with Crippen LogP contribution in [-0.4, -0.2) is 10.8 Å². The van der Waals surface area contributed by atoms with Crippen molar-refractivity contribution in [2.24, 2.45) is 5.10 Å². The number of hydrazone groups is 1. The van der Waals surface area contributed by atoms with E-state index >= 15 is 0 Å². The average molecular weight is 305 g/mol. The standard InChI is InChI=1S/C14H13BrN2O/c1-10(13-9-11(15)7-8-14(13)18)16-17-12-5-3-2-4-6-12/h2-9,17-18H,1H3/b16-10+. The van der Waals surface area contributed by atoms with Gasteiger partial charge in [0, 0.05) is 10.0 Å². The summed E-state index contributed by atoms with van der Waals surface area (Å²) in [5.41, 5.74) is 5.28. The Hall–Kier alpha value is -1.81. The van der Waals surface area contributed by atoms with Gasteiger partial charge in [0.2, 0.25) is 0 Å². The number of nitrogens with zero attached hydrogens (tertiary/aromatic N) is 1. The molecule has 18 heavy (non-hydrogen) atoms. The summed E-state index contributed by atoms with van der Waals surface area (Å²) >= 11 is 3.37. The van der Waals surface area contributed by atoms with Crippen LogP contribution >= 0.6 is 15.9 Å². The fraction of sp³-hybridized carbons (Fsp3) is 0.0714. The molecular formula is C14H13BrN2O. The number of hydrogen-bond acceptors (Lipinski definition) is 3. The van der Waals surface area contributed by atoms with Crippen LogP contribution in [0.15, 0.2) is 58.1 Å². The molecule has 0 aliphatic heterocycles. The molecule has 92 valence electrons. The highest BCUT2D eigenvalue weighted by Gasteiger charge is 2.05. The fourth-order valence-corrected chi connectivity index (χ4v) is 1.88. The Balaban J connectivity index is 2.20. The first-order valence-electron chi connectivity index (χ1n) is 5.51. The molecule has 0 atom stereocenters. The van der Waals surface area contributed by atoms with Crippen molar-refractivity contribution in [3.05, 3.63) is 58.6 Å². The molecule has 0 radical (unpaired) electrons. The van der Waals surface area contributed by atoms with E-state index in [0.29, 0.717) is 5.56 Å². The SMILES string of the molecule is C/C(=N\Nc1ccccc1)c1cc(Br)ccc1O. The number of nitrogens with one attached hydrogen (secondary N) is 1. The third kappa shape index (κ3) is 3.11. The van der Waals surface area contributed by atoms with Crippen LogP contribution in [0.4, 0.5) is 5.69 Å². The summed E-state index contributed by atoms with van der Waals surface area (Å²) < 4.78 is 0.907. The van der Waals surface area contributed by atoms with E-state index in [9.17, 15) is 5.11 Å². The first kappa shape index (κ1) is 12.6. The lowest BCUT2D eigenvalue weighted by Crippen LogP contribution is -2.00. The second kappa shape index (κ2) is 5.69. The second-order valence-electron chi connectivity index (χ2n) is 3.84. The number of anilines is 1. The lowest BCUT2D eigenvalue weighted by atomic mass is 10.1. The third-order valence-electron chi connectivity index (χ3n) is 2.47. The molecule has 0 aliphatic rings. The Kier molecular flexibility index (Phi) is 3.99. The van der Waals surface area contributed by atoms with Gasteiger partial charge in [-0.2, -0.15) is 5.10 Å². The summed E-state index contributed by atoms with van der Waals surface area (Å²) in [6, 6.07) is 14.9. The van der Waals surface area contributed by atoms with E-state index < -0.39 is 0 Å². The van der Waals surface area contributed by atoms with Gasteiger partial charge in [0.25, 0.3) is 0 Å². The van der Waals surface area contributed by atoms with Crippen molar-refractivity contribution < 1.29 is 5.11 Å². The number of benzene rings is 2. The van der Waals surface area contributed by atoms with Crippen molar-refractivity contribution in [3.8, 4) is 5.75 Å². The van der Waals surface area contributed by atoms with Gasteiger partial charge < -0.3 is 5.11 Å². The Morgan fingerprint density at radius 1 is 1.17 bits per heavy atom. The first-order chi connectivity index (χ1) is 8.66. The van der Waals surface area contributed by atoms with Gasteiger partial charge in [-0.1, -0.05) is 34.1 Å². The van der Waals surface area contributed by atoms with Crippen LogP contribution in [0.5, 0.6) is 5.75 Å². The average Bonchev–Trinajstić information content (AvgIpc) is 2.40. The van der Waals surface area contributed by atoms with Crippen molar-refractivity contribution in [3.63, 3.8) is 0 Å². The minimum atomic E-state index is 0.217. The second-order valence-corrected chi connectivity index (χ2v) is 4.75. The minimum Gasteiger partial charge on any atom is -0.507 e. The molecule has 2 aromatic carbocycles. The molecule has 0 saturated heterocycles. The van der Waals surface area contributed by atoms with Crippen molar-refractivity contribution in [2.75, 3.05) is 5.43 Å². The fourth-order valence-electron chi connectivity index (χ4n) is 1.52. The smallest absolute Gasteiger partial charge is 0.124 e. The van der Waals surface area contributed by atoms with Crippen molar-refractivity contribution in [2.45, 2.75) is 6.92 Å². The quantitative estimate of drug-likeness (QED) is 0.665. The Bertz CT molecular complexity index is 567. The maximum absolute atomic E-state index is 9.77. The predicted molar refractivity (Wildman–Crippen MR) is 78.1 cm³/mol. The molecule has 0 bridgehead atoms. The molecule has 0 unspecified atom stereocenters. The number of hydrogen-bond donors (Lipinski definition) is 2. The summed E-state index contributed by atoms with van der Waals surface area (Å²) in [5.74, 6) is 0.217. The minimum absolute atomic E-state index is 0.217. The number of para-hydroxylation sites is 1. The van der Waals surface area contributed by atoms with Crippen LogP contribution in [0, 0.1) is 0 Å². The Morgan fingerprint density at radius 2 is 1.89 bits per heavy atom. The Morgan fingerprint density at radius 3 is 2.61 bits per heavy atom. The number of rotatable bonds is 3. The van der Waals surface area contributed by atoms with Crippen molar-refractivity contribution in [1.29, 1.82) is 0 Å². The molecule has 0 saturated carbocycles. The van der Waals surface area contributed by atoms with Gasteiger partial charge in [0.15, 0.2) is 0 Å². The zero-order valence-corrected chi connectivity index (χ0v) is 11.5. The highest BCUT2D eigenvalue weighted by Crippen LogP contribution is 2.22. The van der Waals surface area contributed by atoms with E-state index in [1.165, 1.54) is 0 Å². The van der Waals surface area contributed by atoms with Crippen LogP contribution < -0.4 is 5.43 Å². The van der Waals surface area contributed by atoms with Gasteiger partial charge >= 0.3 is 0 Å². The van der Waals surface area contributed by atoms with E-state index in [0.717, 1.165) is 15.9 Å². The van der Waals surface area contributed by atoms with Gasteiger partial charge in [0.05, 0.1) is 11.4 Å². The van der Waals surface area contributed by atoms with Crippen LogP contribution in [0.2, 0.25) is 0 Å². The van der Waals surface area contributed by atoms with E-state index in [1.54, 1.807) is 12.1 Å². The first-order valence-corrected chi connectivity index (χ1v) is 6.30. The highest BCUT2D eigenvalue weighted by molar-refractivity contribution is 9.10. The van der Waals surface area contributed by atoms with Crippen LogP contribution in [0.3, 0.4) is 0 Å². The zero-order valence-electron chi connectivity index (χ0n) is 9.89. The zero-order chi connectivity index (χ0) is 13.0. The van der Waals surface area contributed by atoms with Crippen molar-refractivity contribution >= 4 is 27.3 Å². The normalized spacial score (nSPS) is 11.3. The number of phenolic OH excluding ortho intramolecular Hbond substituents is 1. The summed E-state index contributed by atoms with van der Waals surface area (Å²) in [5, 5.41) is 14.0. The van der Waals surface area contributed by atoms with Crippen LogP contribution in [0.25, 0.3) is 0 Å². The predicted octanol–water partition coefficient (Wildman–Crippen LogP) is 3.99. The summed E-state index contributed by atoms with van der Waals surface area (Å²) in [6.07, 6.45) is 0. The third-order valence-corrected chi connectivity index (χ3v) is 2.97. The Labute approximate surface area is 114 Å². The summed E-state index contributed by atoms with van der Waals surface area (Å²) in [7, 11) is 0. The topological polar surface area (TPSA) is 44.6 Å². The summed E-state index contributed by atoms with van der Waals surface area (Å²) in [6.45, 7) is 1.84. The van der Waals surface area contributed by atoms with Gasteiger partial charge in [-0.05, 0) is 37.3 Å². The lowest BCUT2D eigenvalue weighted by molar-refractivity contribution is 0.474. The monoisotopic (exact) mass is 304 g/mol. The van der Waals surface area contributed by atoms with Crippen LogP contribution in [0.1, 0.15) is 12.5 Å². The molecule has 0 fully saturated rings. The molecule has 3 nitrogen and oxygen atoms in total. The van der Waals surface area contributed by atoms with E-state index in [1.807, 2.05) is 43.3 Å². The molecular weight excluding hydrogens is 292 g/mol. The maximum Gasteiger partial charge on any atom is 0.124 e. The number of aromatic hydroxyl groups is 1. The molecule has 2 N–H and O–H groups in total. The van der Waals surface area contributed by atoms with Crippen LogP contribution in [-0.2, 0) is 0 Å². The molecule has 0 amide bonds. The van der Waals surface area contributed by atoms with Gasteiger partial charge in [-0.3, -0.25) is 5.43 Å². The van der Waals surface area contributed by atoms with E-state index in [2.05, 4.69) is 26.5 Å². The van der Waals surface area contributed by atoms with Gasteiger partial charge in [-0.15, -0.1) is 0 Å². The highest BCUT2D eigenvalue weighted by atomic mass is 79.9. The van der Waals surface area contributed by atoms with Gasteiger partial charge in [-0.25, -0.2) is 0 Å². The van der Waals surface area contributed by atoms with E-state index in [4.69, 9.17) is 0 Å². The van der Waals surface area contributed by atoms with E-state index in [-0.39, 0.29) is 5.75 Å². The molecule has 4 heteroatoms. The number of halogens is 1. The molecule has 0 spiro atoms. The lowest BCUT2D eigenvalue weighted by Gasteiger charge is -2.06. The molecule has 2 aromatic rings. The van der Waals surface area contributed by atoms with Crippen molar-refractivity contribution in [1.82, 2.24) is 0 Å². The maximum atomic E-state index is 9.77. The molecule has 0 heterocycles. The molecule has 0 aromatic heterocycles. The molecule has 2 rings (SSSR count). The van der Waals surface area contributed by atoms with Gasteiger partial charge in [0.1, 0.15) is 5.75 Å². The largest absolute Gasteiger partial charge is 0.507 e. The number of phenols is 1. The molecule has 0 aliphatic carbocycles.